The SMILES string of the molecule is O=C1c2ccccc2NC(c2ccc(OCc3cn(Cc4ccccc4)nn3)cc2)N1Cc1ccccc1. The Bertz CT molecular complexity index is 1520. The zero-order valence-electron chi connectivity index (χ0n) is 20.8. The molecule has 0 fully saturated rings. The molecular weight excluding hydrogens is 474 g/mol. The lowest BCUT2D eigenvalue weighted by Crippen LogP contribution is -2.42. The molecule has 1 atom stereocenters. The van der Waals surface area contributed by atoms with Gasteiger partial charge < -0.3 is 15.0 Å². The highest BCUT2D eigenvalue weighted by Crippen LogP contribution is 2.34. The van der Waals surface area contributed by atoms with E-state index in [-0.39, 0.29) is 12.1 Å². The van der Waals surface area contributed by atoms with Crippen LogP contribution in [0.2, 0.25) is 0 Å². The third-order valence-electron chi connectivity index (χ3n) is 6.57. The lowest BCUT2D eigenvalue weighted by atomic mass is 10.0. The van der Waals surface area contributed by atoms with Gasteiger partial charge in [0.1, 0.15) is 24.2 Å². The average Bonchev–Trinajstić information content (AvgIpc) is 3.42. The van der Waals surface area contributed by atoms with Gasteiger partial charge in [-0.1, -0.05) is 90.1 Å². The second kappa shape index (κ2) is 10.6. The number of rotatable bonds is 8. The Kier molecular flexibility index (Phi) is 6.55. The largest absolute Gasteiger partial charge is 0.487 e. The van der Waals surface area contributed by atoms with Crippen molar-refractivity contribution in [2.24, 2.45) is 0 Å². The number of nitrogens with zero attached hydrogens (tertiary/aromatic N) is 4. The molecule has 7 heteroatoms. The number of aromatic nitrogens is 3. The summed E-state index contributed by atoms with van der Waals surface area (Å²) in [6, 6.07) is 35.7. The van der Waals surface area contributed by atoms with Gasteiger partial charge in [0.2, 0.25) is 0 Å². The van der Waals surface area contributed by atoms with Crippen LogP contribution >= 0.6 is 0 Å². The molecule has 0 saturated heterocycles. The topological polar surface area (TPSA) is 72.3 Å². The van der Waals surface area contributed by atoms with E-state index in [1.54, 1.807) is 0 Å². The number of fused-ring (bicyclic) bond motifs is 1. The molecule has 1 N–H and O–H groups in total. The number of anilines is 1. The number of nitrogens with one attached hydrogen (secondary N) is 1. The molecule has 38 heavy (non-hydrogen) atoms. The summed E-state index contributed by atoms with van der Waals surface area (Å²) in [5.41, 5.74) is 5.50. The predicted octanol–water partition coefficient (Wildman–Crippen LogP) is 5.67. The molecule has 1 aliphatic rings. The Morgan fingerprint density at radius 2 is 1.42 bits per heavy atom. The molecule has 6 rings (SSSR count). The summed E-state index contributed by atoms with van der Waals surface area (Å²) in [6.45, 7) is 1.49. The summed E-state index contributed by atoms with van der Waals surface area (Å²) < 4.78 is 7.79. The van der Waals surface area contributed by atoms with Crippen LogP contribution in [0.4, 0.5) is 5.69 Å². The van der Waals surface area contributed by atoms with E-state index >= 15 is 0 Å². The van der Waals surface area contributed by atoms with E-state index in [0.717, 1.165) is 28.3 Å². The first kappa shape index (κ1) is 23.5. The van der Waals surface area contributed by atoms with Crippen molar-refractivity contribution in [2.75, 3.05) is 5.32 Å². The maximum atomic E-state index is 13.5. The highest BCUT2D eigenvalue weighted by Gasteiger charge is 2.32. The first-order valence-corrected chi connectivity index (χ1v) is 12.6. The predicted molar refractivity (Wildman–Crippen MR) is 145 cm³/mol. The van der Waals surface area contributed by atoms with Crippen molar-refractivity contribution in [3.63, 3.8) is 0 Å². The standard InChI is InChI=1S/C31H27N5O2/c37-31-28-13-7-8-14-29(28)32-30(36(31)20-24-11-5-2-6-12-24)25-15-17-27(18-16-25)38-22-26-21-35(34-33-26)19-23-9-3-1-4-10-23/h1-18,21,30,32H,19-20,22H2. The molecule has 0 bridgehead atoms. The van der Waals surface area contributed by atoms with Crippen molar-refractivity contribution in [2.45, 2.75) is 25.9 Å². The van der Waals surface area contributed by atoms with Crippen LogP contribution in [0.1, 0.15) is 38.9 Å². The molecule has 7 nitrogen and oxygen atoms in total. The molecule has 4 aromatic carbocycles. The quantitative estimate of drug-likeness (QED) is 0.297. The van der Waals surface area contributed by atoms with Crippen LogP contribution in [-0.4, -0.2) is 25.8 Å². The van der Waals surface area contributed by atoms with E-state index in [0.29, 0.717) is 25.3 Å². The number of hydrogen-bond donors (Lipinski definition) is 1. The van der Waals surface area contributed by atoms with Crippen LogP contribution in [0.15, 0.2) is 115 Å². The summed E-state index contributed by atoms with van der Waals surface area (Å²) in [6.07, 6.45) is 1.60. The van der Waals surface area contributed by atoms with Gasteiger partial charge in [-0.15, -0.1) is 5.10 Å². The van der Waals surface area contributed by atoms with Gasteiger partial charge in [0.15, 0.2) is 0 Å². The lowest BCUT2D eigenvalue weighted by molar-refractivity contribution is 0.0666. The average molecular weight is 502 g/mol. The zero-order chi connectivity index (χ0) is 25.7. The Hall–Kier alpha value is -4.91. The van der Waals surface area contributed by atoms with Crippen LogP contribution in [0, 0.1) is 0 Å². The van der Waals surface area contributed by atoms with Crippen LogP contribution < -0.4 is 10.1 Å². The smallest absolute Gasteiger partial charge is 0.258 e. The van der Waals surface area contributed by atoms with Gasteiger partial charge in [0, 0.05) is 12.2 Å². The van der Waals surface area contributed by atoms with E-state index in [9.17, 15) is 4.79 Å². The Morgan fingerprint density at radius 1 is 0.763 bits per heavy atom. The number of hydrogen-bond acceptors (Lipinski definition) is 5. The second-order valence-electron chi connectivity index (χ2n) is 9.26. The van der Waals surface area contributed by atoms with E-state index in [1.807, 2.05) is 113 Å². The van der Waals surface area contributed by atoms with Gasteiger partial charge in [-0.25, -0.2) is 4.68 Å². The fourth-order valence-electron chi connectivity index (χ4n) is 4.66. The molecule has 2 heterocycles. The van der Waals surface area contributed by atoms with Crippen molar-refractivity contribution < 1.29 is 9.53 Å². The Labute approximate surface area is 221 Å². The number of amides is 1. The minimum absolute atomic E-state index is 0.00659. The van der Waals surface area contributed by atoms with Crippen LogP contribution in [0.25, 0.3) is 0 Å². The van der Waals surface area contributed by atoms with E-state index in [4.69, 9.17) is 4.74 Å². The fraction of sp³-hybridized carbons (Fsp3) is 0.129. The van der Waals surface area contributed by atoms with Crippen LogP contribution in [0.3, 0.4) is 0 Å². The molecular formula is C31H27N5O2. The number of carbonyl (C=O) groups is 1. The molecule has 188 valence electrons. The molecule has 1 aliphatic heterocycles. The molecule has 1 amide bonds. The summed E-state index contributed by atoms with van der Waals surface area (Å²) in [4.78, 5) is 15.4. The highest BCUT2D eigenvalue weighted by atomic mass is 16.5. The molecule has 0 saturated carbocycles. The first-order valence-electron chi connectivity index (χ1n) is 12.6. The van der Waals surface area contributed by atoms with E-state index < -0.39 is 0 Å². The van der Waals surface area contributed by atoms with Gasteiger partial charge in [0.25, 0.3) is 5.91 Å². The third-order valence-corrected chi connectivity index (χ3v) is 6.57. The minimum Gasteiger partial charge on any atom is -0.487 e. The Morgan fingerprint density at radius 3 is 2.16 bits per heavy atom. The summed E-state index contributed by atoms with van der Waals surface area (Å²) in [7, 11) is 0. The highest BCUT2D eigenvalue weighted by molar-refractivity contribution is 6.01. The number of benzene rings is 4. The van der Waals surface area contributed by atoms with Gasteiger partial charge in [0.05, 0.1) is 18.3 Å². The van der Waals surface area contributed by atoms with Gasteiger partial charge in [-0.3, -0.25) is 4.79 Å². The monoisotopic (exact) mass is 501 g/mol. The van der Waals surface area contributed by atoms with Crippen molar-refractivity contribution in [3.8, 4) is 5.75 Å². The van der Waals surface area contributed by atoms with E-state index in [2.05, 4.69) is 27.8 Å². The maximum Gasteiger partial charge on any atom is 0.258 e. The van der Waals surface area contributed by atoms with Crippen LogP contribution in [-0.2, 0) is 19.7 Å². The molecule has 0 aliphatic carbocycles. The first-order chi connectivity index (χ1) is 18.7. The summed E-state index contributed by atoms with van der Waals surface area (Å²) in [5, 5.41) is 12.0. The molecule has 1 unspecified atom stereocenters. The fourth-order valence-corrected chi connectivity index (χ4v) is 4.66. The van der Waals surface area contributed by atoms with Crippen molar-refractivity contribution in [3.05, 3.63) is 143 Å². The van der Waals surface area contributed by atoms with Crippen molar-refractivity contribution in [1.29, 1.82) is 0 Å². The minimum atomic E-state index is -0.301. The van der Waals surface area contributed by atoms with Crippen molar-refractivity contribution in [1.82, 2.24) is 19.9 Å². The number of para-hydroxylation sites is 1. The molecule has 0 spiro atoms. The van der Waals surface area contributed by atoms with Crippen molar-refractivity contribution >= 4 is 11.6 Å². The summed E-state index contributed by atoms with van der Waals surface area (Å²) in [5.74, 6) is 0.732. The Balaban J connectivity index is 1.16. The van der Waals surface area contributed by atoms with Gasteiger partial charge >= 0.3 is 0 Å². The third kappa shape index (κ3) is 5.13. The molecule has 1 aromatic heterocycles. The normalized spacial score (nSPS) is 14.6. The second-order valence-corrected chi connectivity index (χ2v) is 9.26. The lowest BCUT2D eigenvalue weighted by Gasteiger charge is -2.38. The number of carbonyl (C=O) groups excluding carboxylic acids is 1. The van der Waals surface area contributed by atoms with Gasteiger partial charge in [-0.05, 0) is 41.0 Å². The van der Waals surface area contributed by atoms with Gasteiger partial charge in [-0.2, -0.15) is 0 Å². The zero-order valence-corrected chi connectivity index (χ0v) is 20.8. The molecule has 0 radical (unpaired) electrons. The maximum absolute atomic E-state index is 13.5. The van der Waals surface area contributed by atoms with Crippen LogP contribution in [0.5, 0.6) is 5.75 Å². The van der Waals surface area contributed by atoms with E-state index in [1.165, 1.54) is 5.56 Å². The summed E-state index contributed by atoms with van der Waals surface area (Å²) >= 11 is 0. The number of ether oxygens (including phenoxy) is 1. The molecule has 5 aromatic rings.